The van der Waals surface area contributed by atoms with Crippen molar-refractivity contribution in [3.63, 3.8) is 0 Å². The molecule has 6 nitrogen and oxygen atoms in total. The lowest BCUT2D eigenvalue weighted by atomic mass is 9.80. The largest absolute Gasteiger partial charge is 0.416 e. The Morgan fingerprint density at radius 1 is 1.33 bits per heavy atom. The van der Waals surface area contributed by atoms with Crippen molar-refractivity contribution in [3.8, 4) is 0 Å². The molecule has 4 atom stereocenters. The normalized spacial score (nSPS) is 30.3. The van der Waals surface area contributed by atoms with Gasteiger partial charge in [-0.25, -0.2) is 0 Å². The minimum Gasteiger partial charge on any atom is -0.396 e. The predicted molar refractivity (Wildman–Crippen MR) is 115 cm³/mol. The van der Waals surface area contributed by atoms with Gasteiger partial charge in [0.1, 0.15) is 0 Å². The Morgan fingerprint density at radius 2 is 2.15 bits per heavy atom. The third-order valence-electron chi connectivity index (χ3n) is 7.54. The lowest BCUT2D eigenvalue weighted by Gasteiger charge is -2.38. The van der Waals surface area contributed by atoms with Gasteiger partial charge in [-0.15, -0.1) is 0 Å². The number of carbonyl (C=O) groups is 1. The molecule has 9 heteroatoms. The van der Waals surface area contributed by atoms with Crippen molar-refractivity contribution in [2.45, 2.75) is 69.4 Å². The van der Waals surface area contributed by atoms with E-state index in [4.69, 9.17) is 9.47 Å². The van der Waals surface area contributed by atoms with E-state index in [0.717, 1.165) is 24.5 Å². The van der Waals surface area contributed by atoms with Crippen LogP contribution in [0, 0.1) is 5.41 Å². The number of aliphatic hydroxyl groups excluding tert-OH is 1. The van der Waals surface area contributed by atoms with Crippen molar-refractivity contribution in [3.05, 3.63) is 34.9 Å². The zero-order chi connectivity index (χ0) is 23.6. The highest BCUT2D eigenvalue weighted by molar-refractivity contribution is 5.83. The number of ether oxygens (including phenoxy) is 2. The molecule has 0 spiro atoms. The number of rotatable bonds is 6. The van der Waals surface area contributed by atoms with Gasteiger partial charge in [-0.05, 0) is 61.8 Å². The van der Waals surface area contributed by atoms with Crippen LogP contribution >= 0.6 is 0 Å². The fourth-order valence-electron chi connectivity index (χ4n) is 5.69. The number of alkyl halides is 3. The minimum absolute atomic E-state index is 0.0382. The number of nitrogens with one attached hydrogen (secondary N) is 1. The summed E-state index contributed by atoms with van der Waals surface area (Å²) in [6.45, 7) is 1.76. The molecule has 0 bridgehead atoms. The van der Waals surface area contributed by atoms with Crippen LogP contribution in [0.1, 0.15) is 48.8 Å². The second-order valence-electron chi connectivity index (χ2n) is 9.56. The summed E-state index contributed by atoms with van der Waals surface area (Å²) in [5, 5.41) is 13.4. The van der Waals surface area contributed by atoms with Crippen molar-refractivity contribution in [1.29, 1.82) is 0 Å². The molecule has 2 fully saturated rings. The Kier molecular flexibility index (Phi) is 7.33. The monoisotopic (exact) mass is 470 g/mol. The number of benzene rings is 1. The summed E-state index contributed by atoms with van der Waals surface area (Å²) in [6, 6.07) is 4.08. The average Bonchev–Trinajstić information content (AvgIpc) is 3.21. The molecule has 1 aliphatic carbocycles. The Morgan fingerprint density at radius 3 is 2.88 bits per heavy atom. The van der Waals surface area contributed by atoms with Crippen LogP contribution in [-0.2, 0) is 33.4 Å². The summed E-state index contributed by atoms with van der Waals surface area (Å²) >= 11 is 0. The average molecular weight is 471 g/mol. The van der Waals surface area contributed by atoms with Gasteiger partial charge in [0.05, 0.1) is 23.7 Å². The molecule has 1 aromatic carbocycles. The van der Waals surface area contributed by atoms with E-state index in [9.17, 15) is 23.1 Å². The number of hydrogen-bond donors (Lipinski definition) is 2. The van der Waals surface area contributed by atoms with E-state index >= 15 is 0 Å². The molecule has 1 saturated carbocycles. The van der Waals surface area contributed by atoms with Crippen LogP contribution < -0.4 is 5.32 Å². The molecule has 184 valence electrons. The molecule has 2 aliphatic heterocycles. The van der Waals surface area contributed by atoms with Gasteiger partial charge in [-0.3, -0.25) is 4.79 Å². The number of carbonyl (C=O) groups excluding carboxylic acids is 1. The molecule has 33 heavy (non-hydrogen) atoms. The number of aliphatic hydroxyl groups is 1. The smallest absolute Gasteiger partial charge is 0.396 e. The zero-order valence-electron chi connectivity index (χ0n) is 19.0. The highest BCUT2D eigenvalue weighted by Gasteiger charge is 2.48. The predicted octanol–water partition coefficient (Wildman–Crippen LogP) is 2.90. The Balaban J connectivity index is 1.46. The first-order valence-electron chi connectivity index (χ1n) is 11.7. The molecule has 1 aromatic rings. The van der Waals surface area contributed by atoms with Gasteiger partial charge in [-0.1, -0.05) is 6.07 Å². The number of halogens is 3. The van der Waals surface area contributed by atoms with E-state index in [-0.39, 0.29) is 37.2 Å². The van der Waals surface area contributed by atoms with E-state index in [1.54, 1.807) is 12.0 Å². The molecular formula is C24H33F3N2O4. The summed E-state index contributed by atoms with van der Waals surface area (Å²) in [4.78, 5) is 15.4. The first-order chi connectivity index (χ1) is 15.8. The lowest BCUT2D eigenvalue weighted by Crippen LogP contribution is -2.51. The van der Waals surface area contributed by atoms with E-state index in [0.29, 0.717) is 51.0 Å². The van der Waals surface area contributed by atoms with Crippen LogP contribution in [0.5, 0.6) is 0 Å². The molecular weight excluding hydrogens is 437 g/mol. The maximum absolute atomic E-state index is 13.7. The molecule has 1 saturated heterocycles. The van der Waals surface area contributed by atoms with E-state index in [2.05, 4.69) is 5.32 Å². The van der Waals surface area contributed by atoms with Crippen molar-refractivity contribution < 1.29 is 32.5 Å². The molecule has 1 amide bonds. The van der Waals surface area contributed by atoms with E-state index in [1.807, 2.05) is 0 Å². The number of fused-ring (bicyclic) bond motifs is 1. The SMILES string of the molecule is COC1COCCC1N[C@@H]1CC[C@](CCO)(C(=O)N2CCc3ccc(C(F)(F)F)cc3C2)C1. The summed E-state index contributed by atoms with van der Waals surface area (Å²) in [5.41, 5.74) is 0.0369. The molecule has 2 N–H and O–H groups in total. The van der Waals surface area contributed by atoms with Crippen molar-refractivity contribution in [1.82, 2.24) is 10.2 Å². The van der Waals surface area contributed by atoms with Gasteiger partial charge >= 0.3 is 6.18 Å². The summed E-state index contributed by atoms with van der Waals surface area (Å²) in [6.07, 6.45) is -0.659. The Bertz CT molecular complexity index is 849. The van der Waals surface area contributed by atoms with E-state index in [1.165, 1.54) is 12.1 Å². The summed E-state index contributed by atoms with van der Waals surface area (Å²) < 4.78 is 50.6. The topological polar surface area (TPSA) is 71.0 Å². The van der Waals surface area contributed by atoms with Gasteiger partial charge in [0.2, 0.25) is 5.91 Å². The summed E-state index contributed by atoms with van der Waals surface area (Å²) in [5.74, 6) is -0.0563. The van der Waals surface area contributed by atoms with Gasteiger partial charge in [0.25, 0.3) is 0 Å². The number of nitrogens with zero attached hydrogens (tertiary/aromatic N) is 1. The third kappa shape index (κ3) is 5.21. The second-order valence-corrected chi connectivity index (χ2v) is 9.56. The highest BCUT2D eigenvalue weighted by atomic mass is 19.4. The van der Waals surface area contributed by atoms with Gasteiger partial charge in [0.15, 0.2) is 0 Å². The zero-order valence-corrected chi connectivity index (χ0v) is 19.0. The van der Waals surface area contributed by atoms with Crippen LogP contribution in [0.2, 0.25) is 0 Å². The second kappa shape index (κ2) is 9.90. The van der Waals surface area contributed by atoms with Crippen molar-refractivity contribution >= 4 is 5.91 Å². The number of amides is 1. The Hall–Kier alpha value is -1.68. The van der Waals surface area contributed by atoms with Crippen molar-refractivity contribution in [2.24, 2.45) is 5.41 Å². The molecule has 0 radical (unpaired) electrons. The molecule has 0 aromatic heterocycles. The molecule has 3 aliphatic rings. The third-order valence-corrected chi connectivity index (χ3v) is 7.54. The number of methoxy groups -OCH3 is 1. The Labute approximate surface area is 192 Å². The quantitative estimate of drug-likeness (QED) is 0.669. The maximum atomic E-state index is 13.7. The van der Waals surface area contributed by atoms with Gasteiger partial charge in [-0.2, -0.15) is 13.2 Å². The fraction of sp³-hybridized carbons (Fsp3) is 0.708. The summed E-state index contributed by atoms with van der Waals surface area (Å²) in [7, 11) is 1.67. The molecule has 4 rings (SSSR count). The number of hydrogen-bond acceptors (Lipinski definition) is 5. The van der Waals surface area contributed by atoms with E-state index < -0.39 is 17.2 Å². The molecule has 2 heterocycles. The maximum Gasteiger partial charge on any atom is 0.416 e. The molecule has 2 unspecified atom stereocenters. The lowest BCUT2D eigenvalue weighted by molar-refractivity contribution is -0.144. The first kappa shape index (κ1) is 24.4. The van der Waals surface area contributed by atoms with Crippen LogP contribution in [0.4, 0.5) is 13.2 Å². The standard InChI is InChI=1S/C24H33F3N2O4/c1-32-21-15-33-11-6-20(21)28-19-4-7-23(13-19,8-10-30)22(31)29-9-5-16-2-3-18(24(25,26)27)12-17(16)14-29/h2-3,12,19-21,28,30H,4-11,13-15H2,1H3/t19-,20?,21?,23-/m1/s1. The minimum atomic E-state index is -4.41. The van der Waals surface area contributed by atoms with Crippen LogP contribution in [-0.4, -0.2) is 67.6 Å². The highest BCUT2D eigenvalue weighted by Crippen LogP contribution is 2.44. The van der Waals surface area contributed by atoms with Crippen LogP contribution in [0.25, 0.3) is 0 Å². The van der Waals surface area contributed by atoms with Crippen molar-refractivity contribution in [2.75, 3.05) is 33.5 Å². The van der Waals surface area contributed by atoms with Crippen LogP contribution in [0.15, 0.2) is 18.2 Å². The van der Waals surface area contributed by atoms with Gasteiger partial charge in [0, 0.05) is 45.5 Å². The van der Waals surface area contributed by atoms with Crippen LogP contribution in [0.3, 0.4) is 0 Å². The first-order valence-corrected chi connectivity index (χ1v) is 11.7. The van der Waals surface area contributed by atoms with Gasteiger partial charge < -0.3 is 24.8 Å². The fourth-order valence-corrected chi connectivity index (χ4v) is 5.69.